The lowest BCUT2D eigenvalue weighted by Gasteiger charge is -2.11. The summed E-state index contributed by atoms with van der Waals surface area (Å²) in [6, 6.07) is 13.5. The van der Waals surface area contributed by atoms with E-state index in [1.54, 1.807) is 11.3 Å². The summed E-state index contributed by atoms with van der Waals surface area (Å²) in [5.41, 5.74) is 6.73. The quantitative estimate of drug-likeness (QED) is 0.353. The van der Waals surface area contributed by atoms with Crippen LogP contribution in [0.3, 0.4) is 0 Å². The maximum absolute atomic E-state index is 4.96. The lowest BCUT2D eigenvalue weighted by Crippen LogP contribution is -1.92. The molecule has 0 unspecified atom stereocenters. The molecule has 2 nitrogen and oxygen atoms in total. The molecule has 0 aliphatic rings. The van der Waals surface area contributed by atoms with E-state index < -0.39 is 0 Å². The van der Waals surface area contributed by atoms with Crippen molar-refractivity contribution in [2.75, 3.05) is 0 Å². The van der Waals surface area contributed by atoms with Crippen molar-refractivity contribution in [3.63, 3.8) is 0 Å². The topological polar surface area (TPSA) is 25.8 Å². The smallest absolute Gasteiger partial charge is 0.100 e. The molecule has 25 heavy (non-hydrogen) atoms. The number of rotatable bonds is 2. The largest absolute Gasteiger partial charge is 0.243 e. The molecule has 122 valence electrons. The van der Waals surface area contributed by atoms with E-state index >= 15 is 0 Å². The van der Waals surface area contributed by atoms with E-state index in [1.807, 2.05) is 0 Å². The summed E-state index contributed by atoms with van der Waals surface area (Å²) in [7, 11) is 0. The first-order valence-electron chi connectivity index (χ1n) is 8.79. The van der Waals surface area contributed by atoms with Crippen molar-refractivity contribution in [1.29, 1.82) is 0 Å². The number of hydrogen-bond acceptors (Lipinski definition) is 3. The Morgan fingerprint density at radius 3 is 1.60 bits per heavy atom. The van der Waals surface area contributed by atoms with Crippen LogP contribution in [0.5, 0.6) is 0 Å². The maximum atomic E-state index is 4.96. The molecular weight excluding hydrogens is 324 g/mol. The SMILES string of the molecule is CCc1ccc2c(c1)c1cc(CC)ccc1c1nc3cscc3nc21. The standard InChI is InChI=1S/C22H18N2S/c1-3-13-5-7-15-17(9-13)18-10-14(4-2)6-8-16(18)22-21(15)23-19-11-25-12-20(19)24-22/h5-12H,3-4H2,1-2H3. The third kappa shape index (κ3) is 2.16. The number of aromatic nitrogens is 2. The summed E-state index contributed by atoms with van der Waals surface area (Å²) in [4.78, 5) is 9.92. The Bertz CT molecular complexity index is 1170. The Hall–Kier alpha value is -2.52. The van der Waals surface area contributed by atoms with Gasteiger partial charge in [0.05, 0.1) is 11.0 Å². The van der Waals surface area contributed by atoms with Gasteiger partial charge < -0.3 is 0 Å². The van der Waals surface area contributed by atoms with Crippen molar-refractivity contribution in [1.82, 2.24) is 9.97 Å². The molecule has 0 amide bonds. The van der Waals surface area contributed by atoms with Crippen LogP contribution >= 0.6 is 11.3 Å². The van der Waals surface area contributed by atoms with Gasteiger partial charge in [0, 0.05) is 21.5 Å². The molecule has 0 atom stereocenters. The minimum absolute atomic E-state index is 0.989. The highest BCUT2D eigenvalue weighted by molar-refractivity contribution is 7.09. The maximum Gasteiger partial charge on any atom is 0.100 e. The van der Waals surface area contributed by atoms with Crippen LogP contribution in [-0.4, -0.2) is 9.97 Å². The van der Waals surface area contributed by atoms with Crippen LogP contribution in [0.2, 0.25) is 0 Å². The predicted molar refractivity (Wildman–Crippen MR) is 109 cm³/mol. The Balaban J connectivity index is 2.08. The first-order chi connectivity index (χ1) is 12.3. The summed E-state index contributed by atoms with van der Waals surface area (Å²) in [5, 5.41) is 9.15. The Labute approximate surface area is 150 Å². The summed E-state index contributed by atoms with van der Waals surface area (Å²) in [6.07, 6.45) is 2.08. The van der Waals surface area contributed by atoms with E-state index in [0.29, 0.717) is 0 Å². The van der Waals surface area contributed by atoms with Gasteiger partial charge in [0.25, 0.3) is 0 Å². The van der Waals surface area contributed by atoms with E-state index in [9.17, 15) is 0 Å². The first kappa shape index (κ1) is 14.8. The molecule has 0 saturated heterocycles. The van der Waals surface area contributed by atoms with Crippen LogP contribution in [0.4, 0.5) is 0 Å². The molecule has 0 fully saturated rings. The molecule has 3 heteroatoms. The van der Waals surface area contributed by atoms with Gasteiger partial charge in [-0.05, 0) is 34.7 Å². The Morgan fingerprint density at radius 1 is 0.680 bits per heavy atom. The number of fused-ring (bicyclic) bond motifs is 7. The number of nitrogens with zero attached hydrogens (tertiary/aromatic N) is 2. The fourth-order valence-corrected chi connectivity index (χ4v) is 4.33. The third-order valence-corrected chi connectivity index (χ3v) is 5.81. The van der Waals surface area contributed by atoms with E-state index in [2.05, 4.69) is 61.0 Å². The van der Waals surface area contributed by atoms with Crippen molar-refractivity contribution in [2.24, 2.45) is 0 Å². The highest BCUT2D eigenvalue weighted by Gasteiger charge is 2.13. The van der Waals surface area contributed by atoms with Crippen molar-refractivity contribution >= 4 is 54.9 Å². The summed E-state index contributed by atoms with van der Waals surface area (Å²) in [6.45, 7) is 4.41. The van der Waals surface area contributed by atoms with Gasteiger partial charge in [0.1, 0.15) is 11.0 Å². The van der Waals surface area contributed by atoms with Crippen LogP contribution in [0.15, 0.2) is 47.2 Å². The van der Waals surface area contributed by atoms with E-state index in [4.69, 9.17) is 9.97 Å². The Morgan fingerprint density at radius 2 is 1.16 bits per heavy atom. The average molecular weight is 342 g/mol. The van der Waals surface area contributed by atoms with E-state index in [1.165, 1.54) is 32.7 Å². The van der Waals surface area contributed by atoms with Gasteiger partial charge in [-0.2, -0.15) is 0 Å². The minimum Gasteiger partial charge on any atom is -0.243 e. The molecule has 2 heterocycles. The van der Waals surface area contributed by atoms with Gasteiger partial charge in [-0.15, -0.1) is 11.3 Å². The normalized spacial score (nSPS) is 11.9. The van der Waals surface area contributed by atoms with Crippen molar-refractivity contribution in [2.45, 2.75) is 26.7 Å². The number of thiophene rings is 1. The lowest BCUT2D eigenvalue weighted by molar-refractivity contribution is 1.14. The van der Waals surface area contributed by atoms with Gasteiger partial charge in [-0.1, -0.05) is 50.2 Å². The molecule has 0 saturated carbocycles. The molecule has 0 bridgehead atoms. The summed E-state index contributed by atoms with van der Waals surface area (Å²) < 4.78 is 0. The molecule has 0 spiro atoms. The van der Waals surface area contributed by atoms with Gasteiger partial charge in [-0.25, -0.2) is 9.97 Å². The first-order valence-corrected chi connectivity index (χ1v) is 9.73. The van der Waals surface area contributed by atoms with Crippen molar-refractivity contribution < 1.29 is 0 Å². The molecular formula is C22H18N2S. The van der Waals surface area contributed by atoms with Gasteiger partial charge in [-0.3, -0.25) is 0 Å². The fourth-order valence-electron chi connectivity index (χ4n) is 3.65. The van der Waals surface area contributed by atoms with Crippen LogP contribution in [0.1, 0.15) is 25.0 Å². The molecule has 0 aliphatic carbocycles. The molecule has 5 rings (SSSR count). The average Bonchev–Trinajstić information content (AvgIpc) is 3.13. The molecule has 2 aromatic heterocycles. The number of benzene rings is 3. The fraction of sp³-hybridized carbons (Fsp3) is 0.182. The number of aryl methyl sites for hydroxylation is 2. The van der Waals surface area contributed by atoms with Gasteiger partial charge in [0.15, 0.2) is 0 Å². The summed E-state index contributed by atoms with van der Waals surface area (Å²) >= 11 is 1.66. The minimum atomic E-state index is 0.989. The molecule has 3 aromatic carbocycles. The van der Waals surface area contributed by atoms with E-state index in [-0.39, 0.29) is 0 Å². The lowest BCUT2D eigenvalue weighted by atomic mass is 9.95. The van der Waals surface area contributed by atoms with Gasteiger partial charge in [0.2, 0.25) is 0 Å². The van der Waals surface area contributed by atoms with E-state index in [0.717, 1.165) is 34.9 Å². The second kappa shape index (κ2) is 5.50. The zero-order chi connectivity index (χ0) is 17.0. The third-order valence-electron chi connectivity index (χ3n) is 5.10. The second-order valence-corrected chi connectivity index (χ2v) is 7.27. The van der Waals surface area contributed by atoms with Crippen LogP contribution in [0.25, 0.3) is 43.6 Å². The molecule has 0 radical (unpaired) electrons. The van der Waals surface area contributed by atoms with Gasteiger partial charge >= 0.3 is 0 Å². The Kier molecular flexibility index (Phi) is 3.25. The monoisotopic (exact) mass is 342 g/mol. The molecule has 5 aromatic rings. The molecule has 0 aliphatic heterocycles. The molecule has 0 N–H and O–H groups in total. The zero-order valence-electron chi connectivity index (χ0n) is 14.3. The highest BCUT2D eigenvalue weighted by atomic mass is 32.1. The van der Waals surface area contributed by atoms with Crippen LogP contribution in [0, 0.1) is 0 Å². The van der Waals surface area contributed by atoms with Crippen LogP contribution in [-0.2, 0) is 12.8 Å². The highest BCUT2D eigenvalue weighted by Crippen LogP contribution is 2.35. The predicted octanol–water partition coefficient (Wildman–Crippen LogP) is 6.28. The van der Waals surface area contributed by atoms with Crippen molar-refractivity contribution in [3.8, 4) is 0 Å². The number of hydrogen-bond donors (Lipinski definition) is 0. The zero-order valence-corrected chi connectivity index (χ0v) is 15.2. The van der Waals surface area contributed by atoms with Crippen molar-refractivity contribution in [3.05, 3.63) is 58.3 Å². The summed E-state index contributed by atoms with van der Waals surface area (Å²) in [5.74, 6) is 0. The van der Waals surface area contributed by atoms with Crippen LogP contribution < -0.4 is 0 Å². The second-order valence-electron chi connectivity index (χ2n) is 6.53.